The maximum atomic E-state index is 11.6. The zero-order chi connectivity index (χ0) is 24.9. The largest absolute Gasteiger partial charge is 0.294 e. The van der Waals surface area contributed by atoms with Gasteiger partial charge in [0.1, 0.15) is 0 Å². The molecular formula is C29H52O3S. The van der Waals surface area contributed by atoms with Crippen LogP contribution in [-0.4, -0.2) is 13.0 Å². The number of unbranched alkanes of at least 4 members (excludes halogenated alkanes) is 1. The number of aryl methyl sites for hydroxylation is 2. The van der Waals surface area contributed by atoms with E-state index >= 15 is 0 Å². The Morgan fingerprint density at radius 1 is 0.697 bits per heavy atom. The van der Waals surface area contributed by atoms with E-state index in [-0.39, 0.29) is 4.90 Å². The Morgan fingerprint density at radius 3 is 1.61 bits per heavy atom. The van der Waals surface area contributed by atoms with Crippen LogP contribution in [0.2, 0.25) is 0 Å². The Bertz CT molecular complexity index is 754. The summed E-state index contributed by atoms with van der Waals surface area (Å²) in [4.78, 5) is 0.0695. The molecule has 0 saturated carbocycles. The molecule has 192 valence electrons. The van der Waals surface area contributed by atoms with Crippen molar-refractivity contribution in [3.8, 4) is 0 Å². The Labute approximate surface area is 205 Å². The second kappa shape index (κ2) is 15.9. The van der Waals surface area contributed by atoms with Crippen LogP contribution in [0.3, 0.4) is 0 Å². The summed E-state index contributed by atoms with van der Waals surface area (Å²) in [6.07, 6.45) is 16.2. The van der Waals surface area contributed by atoms with Gasteiger partial charge in [0.05, 0.1) is 4.90 Å². The average Bonchev–Trinajstić information content (AvgIpc) is 2.70. The SMILES string of the molecule is Cc1ccc(S(=O)(=O)O)c(CCCCC(C)CCCC(C)CCCC(C)CCCC(C)C)c1. The van der Waals surface area contributed by atoms with Crippen LogP contribution in [0, 0.1) is 30.6 Å². The summed E-state index contributed by atoms with van der Waals surface area (Å²) in [5, 5.41) is 0. The smallest absolute Gasteiger partial charge is 0.282 e. The lowest BCUT2D eigenvalue weighted by atomic mass is 9.90. The second-order valence-electron chi connectivity index (χ2n) is 11.3. The van der Waals surface area contributed by atoms with Crippen LogP contribution in [0.1, 0.15) is 123 Å². The third kappa shape index (κ3) is 14.2. The van der Waals surface area contributed by atoms with Gasteiger partial charge >= 0.3 is 0 Å². The molecule has 1 N–H and O–H groups in total. The lowest BCUT2D eigenvalue weighted by Crippen LogP contribution is -2.04. The van der Waals surface area contributed by atoms with Gasteiger partial charge in [0.15, 0.2) is 0 Å². The first-order valence-electron chi connectivity index (χ1n) is 13.6. The fourth-order valence-electron chi connectivity index (χ4n) is 4.90. The monoisotopic (exact) mass is 480 g/mol. The molecule has 0 aliphatic heterocycles. The third-order valence-electron chi connectivity index (χ3n) is 7.15. The Balaban J connectivity index is 2.16. The van der Waals surface area contributed by atoms with Crippen LogP contribution in [-0.2, 0) is 16.5 Å². The molecule has 0 heterocycles. The molecule has 0 fully saturated rings. The maximum Gasteiger partial charge on any atom is 0.294 e. The van der Waals surface area contributed by atoms with Crippen LogP contribution in [0.25, 0.3) is 0 Å². The molecule has 3 nitrogen and oxygen atoms in total. The zero-order valence-corrected chi connectivity index (χ0v) is 23.2. The topological polar surface area (TPSA) is 54.4 Å². The summed E-state index contributed by atoms with van der Waals surface area (Å²) in [5.41, 5.74) is 1.77. The quantitative estimate of drug-likeness (QED) is 0.168. The average molecular weight is 481 g/mol. The van der Waals surface area contributed by atoms with Crippen LogP contribution >= 0.6 is 0 Å². The molecule has 0 aliphatic rings. The number of rotatable bonds is 18. The highest BCUT2D eigenvalue weighted by atomic mass is 32.2. The molecule has 3 unspecified atom stereocenters. The minimum absolute atomic E-state index is 0.0695. The van der Waals surface area contributed by atoms with E-state index in [2.05, 4.69) is 34.6 Å². The lowest BCUT2D eigenvalue weighted by molar-refractivity contribution is 0.371. The van der Waals surface area contributed by atoms with Gasteiger partial charge in [-0.15, -0.1) is 0 Å². The highest BCUT2D eigenvalue weighted by Gasteiger charge is 2.15. The highest BCUT2D eigenvalue weighted by Crippen LogP contribution is 2.24. The van der Waals surface area contributed by atoms with Crippen molar-refractivity contribution in [2.75, 3.05) is 0 Å². The van der Waals surface area contributed by atoms with Gasteiger partial charge in [-0.05, 0) is 55.1 Å². The van der Waals surface area contributed by atoms with Crippen LogP contribution in [0.5, 0.6) is 0 Å². The summed E-state index contributed by atoms with van der Waals surface area (Å²) < 4.78 is 32.6. The molecule has 0 aliphatic carbocycles. The lowest BCUT2D eigenvalue weighted by Gasteiger charge is -2.16. The van der Waals surface area contributed by atoms with Crippen LogP contribution < -0.4 is 0 Å². The van der Waals surface area contributed by atoms with Crippen molar-refractivity contribution in [2.45, 2.75) is 130 Å². The Hall–Kier alpha value is -0.870. The van der Waals surface area contributed by atoms with Crippen LogP contribution in [0.4, 0.5) is 0 Å². The first-order valence-corrected chi connectivity index (χ1v) is 15.0. The van der Waals surface area contributed by atoms with Crippen molar-refractivity contribution < 1.29 is 13.0 Å². The van der Waals surface area contributed by atoms with Gasteiger partial charge in [0.25, 0.3) is 10.1 Å². The molecule has 0 radical (unpaired) electrons. The van der Waals surface area contributed by atoms with E-state index in [1.165, 1.54) is 70.3 Å². The minimum atomic E-state index is -4.14. The number of benzene rings is 1. The van der Waals surface area contributed by atoms with E-state index in [9.17, 15) is 13.0 Å². The molecule has 0 bridgehead atoms. The highest BCUT2D eigenvalue weighted by molar-refractivity contribution is 7.85. The minimum Gasteiger partial charge on any atom is -0.282 e. The first kappa shape index (κ1) is 30.2. The molecular weight excluding hydrogens is 428 g/mol. The predicted octanol–water partition coefficient (Wildman–Crippen LogP) is 9.03. The van der Waals surface area contributed by atoms with E-state index in [1.54, 1.807) is 6.07 Å². The predicted molar refractivity (Wildman–Crippen MR) is 142 cm³/mol. The van der Waals surface area contributed by atoms with Crippen molar-refractivity contribution >= 4 is 10.1 Å². The van der Waals surface area contributed by atoms with E-state index < -0.39 is 10.1 Å². The molecule has 0 saturated heterocycles. The van der Waals surface area contributed by atoms with Crippen molar-refractivity contribution in [3.05, 3.63) is 29.3 Å². The van der Waals surface area contributed by atoms with E-state index in [4.69, 9.17) is 0 Å². The van der Waals surface area contributed by atoms with E-state index in [0.29, 0.717) is 6.42 Å². The summed E-state index contributed by atoms with van der Waals surface area (Å²) in [6, 6.07) is 5.15. The molecule has 33 heavy (non-hydrogen) atoms. The molecule has 0 aromatic heterocycles. The van der Waals surface area contributed by atoms with E-state index in [0.717, 1.165) is 47.6 Å². The number of hydrogen-bond donors (Lipinski definition) is 1. The van der Waals surface area contributed by atoms with Gasteiger partial charge in [-0.3, -0.25) is 4.55 Å². The fourth-order valence-corrected chi connectivity index (χ4v) is 5.63. The van der Waals surface area contributed by atoms with Gasteiger partial charge < -0.3 is 0 Å². The zero-order valence-electron chi connectivity index (χ0n) is 22.4. The van der Waals surface area contributed by atoms with Gasteiger partial charge in [-0.1, -0.05) is 123 Å². The molecule has 3 atom stereocenters. The van der Waals surface area contributed by atoms with Crippen molar-refractivity contribution in [1.82, 2.24) is 0 Å². The molecule has 1 aromatic carbocycles. The second-order valence-corrected chi connectivity index (χ2v) is 12.7. The van der Waals surface area contributed by atoms with Gasteiger partial charge in [0, 0.05) is 0 Å². The van der Waals surface area contributed by atoms with Crippen LogP contribution in [0.15, 0.2) is 23.1 Å². The number of hydrogen-bond acceptors (Lipinski definition) is 2. The third-order valence-corrected chi connectivity index (χ3v) is 8.11. The van der Waals surface area contributed by atoms with Crippen molar-refractivity contribution in [1.29, 1.82) is 0 Å². The van der Waals surface area contributed by atoms with Gasteiger partial charge in [-0.25, -0.2) is 0 Å². The molecule has 0 spiro atoms. The van der Waals surface area contributed by atoms with Gasteiger partial charge in [0.2, 0.25) is 0 Å². The van der Waals surface area contributed by atoms with Crippen molar-refractivity contribution in [3.63, 3.8) is 0 Å². The molecule has 0 amide bonds. The molecule has 1 rings (SSSR count). The fraction of sp³-hybridized carbons (Fsp3) is 0.793. The normalized spacial score (nSPS) is 15.0. The Morgan fingerprint density at radius 2 is 1.15 bits per heavy atom. The molecule has 4 heteroatoms. The van der Waals surface area contributed by atoms with Gasteiger partial charge in [-0.2, -0.15) is 8.42 Å². The van der Waals surface area contributed by atoms with E-state index in [1.807, 2.05) is 13.0 Å². The summed E-state index contributed by atoms with van der Waals surface area (Å²) >= 11 is 0. The maximum absolute atomic E-state index is 11.6. The van der Waals surface area contributed by atoms with Crippen molar-refractivity contribution in [2.24, 2.45) is 23.7 Å². The summed E-state index contributed by atoms with van der Waals surface area (Å²) in [6.45, 7) is 13.8. The first-order chi connectivity index (χ1) is 15.5. The molecule has 1 aromatic rings. The summed E-state index contributed by atoms with van der Waals surface area (Å²) in [5.74, 6) is 3.27. The standard InChI is InChI=1S/C29H52O3S/c1-23(2)12-9-14-25(4)16-11-18-26(5)17-10-15-24(3)13-7-8-19-28-22-27(6)20-21-29(28)33(30,31)32/h20-26H,7-19H2,1-6H3,(H,30,31,32). The Kier molecular flexibility index (Phi) is 14.6. The summed E-state index contributed by atoms with van der Waals surface area (Å²) in [7, 11) is -4.14.